The summed E-state index contributed by atoms with van der Waals surface area (Å²) in [4.78, 5) is 69.0. The van der Waals surface area contributed by atoms with Crippen molar-refractivity contribution in [1.82, 2.24) is 15.3 Å². The average molecular weight is 508 g/mol. The van der Waals surface area contributed by atoms with E-state index in [9.17, 15) is 39.1 Å². The second kappa shape index (κ2) is 9.77. The van der Waals surface area contributed by atoms with E-state index in [1.165, 1.54) is 30.3 Å². The van der Waals surface area contributed by atoms with Crippen LogP contribution in [0.15, 0.2) is 36.4 Å². The van der Waals surface area contributed by atoms with Gasteiger partial charge in [-0.15, -0.1) is 0 Å². The summed E-state index contributed by atoms with van der Waals surface area (Å²) in [5.41, 5.74) is -1.16. The number of fused-ring (bicyclic) bond motifs is 3. The van der Waals surface area contributed by atoms with Gasteiger partial charge in [-0.1, -0.05) is 12.1 Å². The normalized spacial score (nSPS) is 12.0. The van der Waals surface area contributed by atoms with E-state index in [0.717, 1.165) is 6.07 Å². The van der Waals surface area contributed by atoms with Crippen LogP contribution in [0, 0.1) is 0 Å². The lowest BCUT2D eigenvalue weighted by molar-refractivity contribution is 0.0683. The quantitative estimate of drug-likeness (QED) is 0.128. The molecule has 6 N–H and O–H groups in total. The molecule has 1 aliphatic rings. The molecule has 0 atom stereocenters. The Morgan fingerprint density at radius 2 is 1.69 bits per heavy atom. The molecule has 0 saturated heterocycles. The topological polar surface area (TPSA) is 199 Å². The average Bonchev–Trinajstić information content (AvgIpc) is 3.31. The Morgan fingerprint density at radius 3 is 2.31 bits per heavy atom. The van der Waals surface area contributed by atoms with Crippen LogP contribution >= 0.6 is 12.6 Å². The van der Waals surface area contributed by atoms with Crippen molar-refractivity contribution in [3.8, 4) is 11.3 Å². The number of H-pyrrole nitrogens is 1. The van der Waals surface area contributed by atoms with Crippen LogP contribution in [0.25, 0.3) is 11.3 Å². The molecule has 0 spiro atoms. The summed E-state index contributed by atoms with van der Waals surface area (Å²) in [6.07, 6.45) is 0. The standard InChI is InChI=1S/C22H17BN4O8S/c28-18-12-8-14(21(31)25-10-3-1-9(2-4-10)23(34)35)26-15(12)11-7-13(20(30)24-5-6-36)17(22(32)33)27-16(11)19(18)29/h1-4,7-8,26,34-36H,5-6H2,(H,24,30)(H,25,31)(H,32,33). The van der Waals surface area contributed by atoms with E-state index in [0.29, 0.717) is 11.4 Å². The zero-order valence-electron chi connectivity index (χ0n) is 18.2. The number of thiol groups is 1. The second-order valence-electron chi connectivity index (χ2n) is 7.65. The molecular weight excluding hydrogens is 491 g/mol. The fourth-order valence-corrected chi connectivity index (χ4v) is 3.72. The lowest BCUT2D eigenvalue weighted by Crippen LogP contribution is -2.30. The maximum Gasteiger partial charge on any atom is 0.488 e. The van der Waals surface area contributed by atoms with Gasteiger partial charge in [0, 0.05) is 23.5 Å². The number of rotatable bonds is 7. The van der Waals surface area contributed by atoms with Gasteiger partial charge in [-0.25, -0.2) is 9.78 Å². The minimum absolute atomic E-state index is 0.00374. The Hall–Kier alpha value is -4.27. The van der Waals surface area contributed by atoms with Crippen molar-refractivity contribution in [2.45, 2.75) is 0 Å². The maximum atomic E-state index is 12.8. The van der Waals surface area contributed by atoms with Gasteiger partial charge in [0.2, 0.25) is 5.78 Å². The van der Waals surface area contributed by atoms with Gasteiger partial charge in [0.1, 0.15) is 11.4 Å². The number of carboxylic acids is 1. The first-order valence-electron chi connectivity index (χ1n) is 10.4. The van der Waals surface area contributed by atoms with Crippen molar-refractivity contribution >= 4 is 60.2 Å². The van der Waals surface area contributed by atoms with Gasteiger partial charge in [0.25, 0.3) is 17.6 Å². The van der Waals surface area contributed by atoms with Crippen LogP contribution in [0.3, 0.4) is 0 Å². The molecule has 2 aromatic heterocycles. The number of carbonyl (C=O) groups excluding carboxylic acids is 4. The third-order valence-electron chi connectivity index (χ3n) is 5.33. The highest BCUT2D eigenvalue weighted by molar-refractivity contribution is 7.80. The number of nitrogens with one attached hydrogen (secondary N) is 3. The predicted octanol–water partition coefficient (Wildman–Crippen LogP) is -0.254. The van der Waals surface area contributed by atoms with E-state index < -0.39 is 47.9 Å². The van der Waals surface area contributed by atoms with Gasteiger partial charge >= 0.3 is 13.1 Å². The predicted molar refractivity (Wildman–Crippen MR) is 130 cm³/mol. The number of benzene rings is 1. The molecule has 0 saturated carbocycles. The van der Waals surface area contributed by atoms with Crippen molar-refractivity contribution in [1.29, 1.82) is 0 Å². The van der Waals surface area contributed by atoms with Gasteiger partial charge in [-0.05, 0) is 29.7 Å². The summed E-state index contributed by atoms with van der Waals surface area (Å²) >= 11 is 3.99. The number of hydrogen-bond donors (Lipinski definition) is 7. The Labute approximate surface area is 208 Å². The van der Waals surface area contributed by atoms with Gasteiger partial charge < -0.3 is 30.8 Å². The minimum atomic E-state index is -1.67. The van der Waals surface area contributed by atoms with Crippen molar-refractivity contribution in [3.05, 3.63) is 64.6 Å². The molecule has 2 heterocycles. The first-order chi connectivity index (χ1) is 17.1. The number of Topliss-reactive ketones (excluding diaryl/α,β-unsaturated/α-hetero) is 2. The molecule has 0 unspecified atom stereocenters. The molecule has 1 aliphatic carbocycles. The molecule has 4 rings (SSSR count). The highest BCUT2D eigenvalue weighted by Gasteiger charge is 2.36. The molecule has 0 bridgehead atoms. The number of pyridine rings is 1. The molecule has 3 aromatic rings. The van der Waals surface area contributed by atoms with E-state index in [1.807, 2.05) is 0 Å². The van der Waals surface area contributed by atoms with Crippen LogP contribution < -0.4 is 16.1 Å². The number of nitrogens with zero attached hydrogens (tertiary/aromatic N) is 1. The number of ketones is 2. The van der Waals surface area contributed by atoms with Crippen molar-refractivity contribution in [2.24, 2.45) is 0 Å². The van der Waals surface area contributed by atoms with Crippen LogP contribution in [0.5, 0.6) is 0 Å². The van der Waals surface area contributed by atoms with Crippen LogP contribution in [-0.4, -0.2) is 73.9 Å². The zero-order valence-corrected chi connectivity index (χ0v) is 19.1. The van der Waals surface area contributed by atoms with Crippen molar-refractivity contribution in [2.75, 3.05) is 17.6 Å². The van der Waals surface area contributed by atoms with Crippen LogP contribution in [0.4, 0.5) is 5.69 Å². The summed E-state index contributed by atoms with van der Waals surface area (Å²) in [6.45, 7) is 0.145. The Morgan fingerprint density at radius 1 is 1.00 bits per heavy atom. The number of amides is 2. The Bertz CT molecular complexity index is 1430. The fraction of sp³-hybridized carbons (Fsp3) is 0.0909. The highest BCUT2D eigenvalue weighted by Crippen LogP contribution is 2.34. The van der Waals surface area contributed by atoms with Crippen LogP contribution in [0.2, 0.25) is 0 Å². The molecule has 1 aromatic carbocycles. The van der Waals surface area contributed by atoms with E-state index in [4.69, 9.17) is 0 Å². The Balaban J connectivity index is 1.74. The van der Waals surface area contributed by atoms with E-state index in [2.05, 4.69) is 33.2 Å². The number of aromatic carboxylic acids is 1. The third kappa shape index (κ3) is 4.52. The smallest absolute Gasteiger partial charge is 0.476 e. The number of aromatic amines is 1. The van der Waals surface area contributed by atoms with Crippen LogP contribution in [-0.2, 0) is 0 Å². The number of carboxylic acid groups (broad SMARTS) is 1. The highest BCUT2D eigenvalue weighted by atomic mass is 32.1. The molecule has 0 fully saturated rings. The molecule has 36 heavy (non-hydrogen) atoms. The molecule has 2 amide bonds. The van der Waals surface area contributed by atoms with Gasteiger partial charge in [0.05, 0.1) is 16.8 Å². The van der Waals surface area contributed by atoms with Crippen LogP contribution in [0.1, 0.15) is 52.2 Å². The zero-order chi connectivity index (χ0) is 26.1. The van der Waals surface area contributed by atoms with Gasteiger partial charge in [0.15, 0.2) is 5.69 Å². The molecule has 12 nitrogen and oxygen atoms in total. The van der Waals surface area contributed by atoms with Gasteiger partial charge in [-0.3, -0.25) is 19.2 Å². The summed E-state index contributed by atoms with van der Waals surface area (Å²) in [5.74, 6) is -4.78. The molecule has 0 aliphatic heterocycles. The summed E-state index contributed by atoms with van der Waals surface area (Å²) in [6, 6.07) is 7.97. The number of hydrogen-bond acceptors (Lipinski definition) is 9. The summed E-state index contributed by atoms with van der Waals surface area (Å²) in [5, 5.41) is 32.9. The molecule has 182 valence electrons. The monoisotopic (exact) mass is 508 g/mol. The number of aromatic nitrogens is 2. The fourth-order valence-electron chi connectivity index (χ4n) is 3.61. The third-order valence-corrected chi connectivity index (χ3v) is 5.55. The SMILES string of the molecule is O=C(Nc1ccc(B(O)O)cc1)c1cc2c([nH]1)-c1cc(C(=O)NCCS)c(C(=O)O)nc1C(=O)C2=O. The lowest BCUT2D eigenvalue weighted by Gasteiger charge is -2.16. The second-order valence-corrected chi connectivity index (χ2v) is 8.09. The first kappa shape index (κ1) is 24.8. The first-order valence-corrected chi connectivity index (χ1v) is 11.0. The van der Waals surface area contributed by atoms with Crippen molar-refractivity contribution in [3.63, 3.8) is 0 Å². The molecular formula is C22H17BN4O8S. The number of carbonyl (C=O) groups is 5. The van der Waals surface area contributed by atoms with E-state index in [-0.39, 0.29) is 40.1 Å². The van der Waals surface area contributed by atoms with Gasteiger partial charge in [-0.2, -0.15) is 12.6 Å². The lowest BCUT2D eigenvalue weighted by atomic mass is 9.80. The van der Waals surface area contributed by atoms with E-state index >= 15 is 0 Å². The summed E-state index contributed by atoms with van der Waals surface area (Å²) in [7, 11) is -1.67. The minimum Gasteiger partial charge on any atom is -0.476 e. The largest absolute Gasteiger partial charge is 0.488 e. The van der Waals surface area contributed by atoms with Crippen molar-refractivity contribution < 1.29 is 39.1 Å². The van der Waals surface area contributed by atoms with E-state index in [1.54, 1.807) is 0 Å². The number of anilines is 1. The molecule has 14 heteroatoms. The summed E-state index contributed by atoms with van der Waals surface area (Å²) < 4.78 is 0. The maximum absolute atomic E-state index is 12.8. The molecule has 0 radical (unpaired) electrons. The Kier molecular flexibility index (Phi) is 6.74.